The summed E-state index contributed by atoms with van der Waals surface area (Å²) in [4.78, 5) is 17.5. The molecule has 5 nitrogen and oxygen atoms in total. The summed E-state index contributed by atoms with van der Waals surface area (Å²) in [6, 6.07) is 23.6. The number of rotatable bonds is 12. The lowest BCUT2D eigenvalue weighted by Gasteiger charge is -2.07. The number of carbonyl (C=O) groups is 1. The van der Waals surface area contributed by atoms with Crippen molar-refractivity contribution in [2.45, 2.75) is 43.9 Å². The van der Waals surface area contributed by atoms with Crippen LogP contribution in [0.4, 0.5) is 0 Å². The predicted molar refractivity (Wildman–Crippen MR) is 150 cm³/mol. The molecule has 0 aliphatic rings. The lowest BCUT2D eigenvalue weighted by atomic mass is 10.0. The topological polar surface area (TPSA) is 61.2 Å². The second-order valence-electron chi connectivity index (χ2n) is 8.77. The van der Waals surface area contributed by atoms with Gasteiger partial charge in [0.15, 0.2) is 5.78 Å². The Kier molecular flexibility index (Phi) is 9.22. The molecule has 0 aliphatic carbocycles. The molecular weight excluding hydrogens is 480 g/mol. The fraction of sp³-hybridized carbons (Fsp3) is 0.226. The van der Waals surface area contributed by atoms with Crippen molar-refractivity contribution in [2.75, 3.05) is 6.61 Å². The third kappa shape index (κ3) is 7.37. The van der Waals surface area contributed by atoms with E-state index in [2.05, 4.69) is 24.0 Å². The summed E-state index contributed by atoms with van der Waals surface area (Å²) in [5.74, 6) is 1.30. The van der Waals surface area contributed by atoms with Gasteiger partial charge < -0.3 is 9.30 Å². The van der Waals surface area contributed by atoms with Crippen LogP contribution < -0.4 is 4.74 Å². The van der Waals surface area contributed by atoms with Crippen molar-refractivity contribution >= 4 is 22.7 Å². The highest BCUT2D eigenvalue weighted by atomic mass is 32.2. The standard InChI is InChI=1S/C31H32N2O3S/c1-3-18-33-23-32-21-28(33)22-37(35)31-16-9-25(10-17-31)20-29(34)13-8-24-6-5-7-27(19-24)26-11-14-30(15-12-26)36-4-2/h5-17,19,21,23H,3-4,18,20,22H2,1-2H3/b13-8+. The van der Waals surface area contributed by atoms with Crippen molar-refractivity contribution in [1.82, 2.24) is 9.55 Å². The van der Waals surface area contributed by atoms with Crippen LogP contribution in [0.3, 0.4) is 0 Å². The maximum atomic E-state index is 12.8. The predicted octanol–water partition coefficient (Wildman–Crippen LogP) is 6.49. The Hall–Kier alpha value is -3.77. The van der Waals surface area contributed by atoms with E-state index in [1.165, 1.54) is 0 Å². The Bertz CT molecular complexity index is 1370. The highest BCUT2D eigenvalue weighted by molar-refractivity contribution is 7.84. The zero-order valence-electron chi connectivity index (χ0n) is 21.3. The molecule has 4 aromatic rings. The van der Waals surface area contributed by atoms with Gasteiger partial charge in [-0.1, -0.05) is 55.5 Å². The molecule has 0 saturated carbocycles. The van der Waals surface area contributed by atoms with Crippen LogP contribution in [0.5, 0.6) is 5.75 Å². The molecule has 190 valence electrons. The highest BCUT2D eigenvalue weighted by Crippen LogP contribution is 2.24. The number of aryl methyl sites for hydroxylation is 1. The monoisotopic (exact) mass is 512 g/mol. The molecule has 6 heteroatoms. The minimum absolute atomic E-state index is 0.0174. The van der Waals surface area contributed by atoms with E-state index >= 15 is 0 Å². The third-order valence-corrected chi connectivity index (χ3v) is 7.31. The average molecular weight is 513 g/mol. The Morgan fingerprint density at radius 3 is 2.51 bits per heavy atom. The molecule has 1 atom stereocenters. The second kappa shape index (κ2) is 13.0. The molecule has 37 heavy (non-hydrogen) atoms. The number of ketones is 1. The number of carbonyl (C=O) groups excluding carboxylic acids is 1. The van der Waals surface area contributed by atoms with Crippen molar-refractivity contribution in [3.8, 4) is 16.9 Å². The summed E-state index contributed by atoms with van der Waals surface area (Å²) in [5, 5.41) is 0. The van der Waals surface area contributed by atoms with Gasteiger partial charge in [0.05, 0.1) is 35.2 Å². The van der Waals surface area contributed by atoms with Crippen LogP contribution in [0.25, 0.3) is 17.2 Å². The number of hydrogen-bond acceptors (Lipinski definition) is 4. The van der Waals surface area contributed by atoms with E-state index in [0.717, 1.165) is 51.6 Å². The minimum atomic E-state index is -1.16. The largest absolute Gasteiger partial charge is 0.494 e. The van der Waals surface area contributed by atoms with Gasteiger partial charge in [0.2, 0.25) is 0 Å². The van der Waals surface area contributed by atoms with Gasteiger partial charge in [-0.3, -0.25) is 9.00 Å². The Balaban J connectivity index is 1.34. The van der Waals surface area contributed by atoms with Gasteiger partial charge in [-0.25, -0.2) is 4.98 Å². The Labute approximate surface area is 221 Å². The number of allylic oxidation sites excluding steroid dienone is 1. The summed E-state index contributed by atoms with van der Waals surface area (Å²) in [6.07, 6.45) is 8.34. The van der Waals surface area contributed by atoms with Crippen molar-refractivity contribution in [3.63, 3.8) is 0 Å². The van der Waals surface area contributed by atoms with Crippen molar-refractivity contribution in [1.29, 1.82) is 0 Å². The molecule has 1 heterocycles. The van der Waals surface area contributed by atoms with Gasteiger partial charge >= 0.3 is 0 Å². The van der Waals surface area contributed by atoms with E-state index in [4.69, 9.17) is 4.74 Å². The first-order valence-electron chi connectivity index (χ1n) is 12.6. The molecule has 0 N–H and O–H groups in total. The first-order valence-corrected chi connectivity index (χ1v) is 13.9. The van der Waals surface area contributed by atoms with E-state index < -0.39 is 10.8 Å². The highest BCUT2D eigenvalue weighted by Gasteiger charge is 2.10. The summed E-state index contributed by atoms with van der Waals surface area (Å²) in [6.45, 7) is 5.59. The number of benzene rings is 3. The number of ether oxygens (including phenoxy) is 1. The van der Waals surface area contributed by atoms with Crippen molar-refractivity contribution < 1.29 is 13.7 Å². The molecule has 0 saturated heterocycles. The van der Waals surface area contributed by atoms with E-state index in [1.54, 1.807) is 18.6 Å². The lowest BCUT2D eigenvalue weighted by Crippen LogP contribution is -2.05. The van der Waals surface area contributed by atoms with Crippen molar-refractivity contribution in [3.05, 3.63) is 108 Å². The van der Waals surface area contributed by atoms with E-state index in [1.807, 2.05) is 78.2 Å². The van der Waals surface area contributed by atoms with Crippen LogP contribution in [0.1, 0.15) is 37.1 Å². The maximum Gasteiger partial charge on any atom is 0.160 e. The Morgan fingerprint density at radius 2 is 1.78 bits per heavy atom. The van der Waals surface area contributed by atoms with E-state index in [-0.39, 0.29) is 5.78 Å². The van der Waals surface area contributed by atoms with Crippen LogP contribution in [-0.2, 0) is 34.3 Å². The molecule has 0 amide bonds. The molecule has 4 rings (SSSR count). The van der Waals surface area contributed by atoms with Gasteiger partial charge in [0, 0.05) is 24.1 Å². The van der Waals surface area contributed by atoms with E-state index in [9.17, 15) is 9.00 Å². The second-order valence-corrected chi connectivity index (χ2v) is 10.2. The normalized spacial score (nSPS) is 12.1. The van der Waals surface area contributed by atoms with Crippen LogP contribution in [0.15, 0.2) is 96.3 Å². The minimum Gasteiger partial charge on any atom is -0.494 e. The Morgan fingerprint density at radius 1 is 1.00 bits per heavy atom. The zero-order chi connectivity index (χ0) is 26.0. The molecule has 0 fully saturated rings. The lowest BCUT2D eigenvalue weighted by molar-refractivity contribution is -0.113. The van der Waals surface area contributed by atoms with Gasteiger partial charge in [-0.2, -0.15) is 0 Å². The average Bonchev–Trinajstić information content (AvgIpc) is 3.35. The third-order valence-electron chi connectivity index (χ3n) is 5.95. The quantitative estimate of drug-likeness (QED) is 0.204. The first kappa shape index (κ1) is 26.3. The summed E-state index contributed by atoms with van der Waals surface area (Å²) >= 11 is 0. The number of imidazole rings is 1. The smallest absolute Gasteiger partial charge is 0.160 e. The molecule has 0 aliphatic heterocycles. The molecule has 0 bridgehead atoms. The molecule has 1 unspecified atom stereocenters. The molecular formula is C31H32N2O3S. The van der Waals surface area contributed by atoms with Crippen LogP contribution in [0.2, 0.25) is 0 Å². The summed E-state index contributed by atoms with van der Waals surface area (Å²) in [7, 11) is -1.16. The molecule has 0 radical (unpaired) electrons. The van der Waals surface area contributed by atoms with Gasteiger partial charge in [0.25, 0.3) is 0 Å². The fourth-order valence-electron chi connectivity index (χ4n) is 4.07. The first-order chi connectivity index (χ1) is 18.1. The summed E-state index contributed by atoms with van der Waals surface area (Å²) < 4.78 is 20.4. The molecule has 0 spiro atoms. The number of hydrogen-bond donors (Lipinski definition) is 0. The molecule has 1 aromatic heterocycles. The van der Waals surface area contributed by atoms with Crippen LogP contribution >= 0.6 is 0 Å². The van der Waals surface area contributed by atoms with Crippen molar-refractivity contribution in [2.24, 2.45) is 0 Å². The number of aromatic nitrogens is 2. The van der Waals surface area contributed by atoms with Crippen LogP contribution in [0, 0.1) is 0 Å². The van der Waals surface area contributed by atoms with Gasteiger partial charge in [-0.05, 0) is 72.0 Å². The van der Waals surface area contributed by atoms with Crippen LogP contribution in [-0.4, -0.2) is 26.2 Å². The summed E-state index contributed by atoms with van der Waals surface area (Å²) in [5.41, 5.74) is 5.01. The van der Waals surface area contributed by atoms with Gasteiger partial charge in [-0.15, -0.1) is 0 Å². The fourth-order valence-corrected chi connectivity index (χ4v) is 5.18. The maximum absolute atomic E-state index is 12.8. The molecule has 3 aromatic carbocycles. The van der Waals surface area contributed by atoms with E-state index in [0.29, 0.717) is 18.8 Å². The zero-order valence-corrected chi connectivity index (χ0v) is 22.1. The number of nitrogens with zero attached hydrogens (tertiary/aromatic N) is 2. The van der Waals surface area contributed by atoms with Gasteiger partial charge in [0.1, 0.15) is 5.75 Å². The SMILES string of the molecule is CCCn1cncc1CS(=O)c1ccc(CC(=O)/C=C/c2cccc(-c3ccc(OCC)cc3)c2)cc1.